The van der Waals surface area contributed by atoms with Gasteiger partial charge in [0.05, 0.1) is 0 Å². The largest absolute Gasteiger partial charge is 0.484 e. The smallest absolute Gasteiger partial charge is 0.260 e. The molecule has 1 aliphatic heterocycles. The third-order valence-electron chi connectivity index (χ3n) is 6.35. The van der Waals surface area contributed by atoms with Gasteiger partial charge in [-0.2, -0.15) is 11.8 Å². The van der Waals surface area contributed by atoms with Crippen LogP contribution in [0.1, 0.15) is 70.3 Å². The summed E-state index contributed by atoms with van der Waals surface area (Å²) in [4.78, 5) is 14.9. The number of amides is 1. The van der Waals surface area contributed by atoms with E-state index in [-0.39, 0.29) is 12.5 Å². The van der Waals surface area contributed by atoms with E-state index in [9.17, 15) is 4.79 Å². The van der Waals surface area contributed by atoms with Crippen molar-refractivity contribution in [3.05, 3.63) is 29.8 Å². The number of aryl methyl sites for hydroxylation is 1. The minimum atomic E-state index is 0.127. The highest BCUT2D eigenvalue weighted by Crippen LogP contribution is 2.49. The number of rotatable bonds is 7. The second kappa shape index (κ2) is 10.6. The summed E-state index contributed by atoms with van der Waals surface area (Å²) in [6.45, 7) is 6.07. The van der Waals surface area contributed by atoms with E-state index in [1.54, 1.807) is 0 Å². The molecule has 1 saturated heterocycles. The van der Waals surface area contributed by atoms with Crippen molar-refractivity contribution >= 4 is 17.7 Å². The highest BCUT2D eigenvalue weighted by atomic mass is 32.2. The van der Waals surface area contributed by atoms with Gasteiger partial charge in [-0.05, 0) is 55.9 Å². The molecule has 1 unspecified atom stereocenters. The fraction of sp³-hybridized carbons (Fsp3) is 0.708. The predicted molar refractivity (Wildman–Crippen MR) is 119 cm³/mol. The quantitative estimate of drug-likeness (QED) is 0.572. The Hall–Kier alpha value is -1.16. The maximum Gasteiger partial charge on any atom is 0.260 e. The molecule has 0 aromatic heterocycles. The average molecular weight is 404 g/mol. The Morgan fingerprint density at radius 3 is 2.50 bits per heavy atom. The Labute approximate surface area is 175 Å². The van der Waals surface area contributed by atoms with Crippen LogP contribution in [0.4, 0.5) is 0 Å². The van der Waals surface area contributed by atoms with Crippen molar-refractivity contribution in [3.63, 3.8) is 0 Å². The third-order valence-corrected chi connectivity index (χ3v) is 7.92. The molecule has 1 spiro atoms. The van der Waals surface area contributed by atoms with Gasteiger partial charge >= 0.3 is 0 Å². The second-order valence-corrected chi connectivity index (χ2v) is 10.1. The molecule has 1 aromatic carbocycles. The van der Waals surface area contributed by atoms with Gasteiger partial charge in [0, 0.05) is 18.3 Å². The molecule has 1 saturated carbocycles. The zero-order chi connectivity index (χ0) is 19.8. The Balaban J connectivity index is 1.52. The Kier molecular flexibility index (Phi) is 8.13. The van der Waals surface area contributed by atoms with E-state index in [0.29, 0.717) is 10.7 Å². The van der Waals surface area contributed by atoms with Gasteiger partial charge in [-0.25, -0.2) is 0 Å². The number of hydrogen-bond acceptors (Lipinski definition) is 3. The van der Waals surface area contributed by atoms with Crippen LogP contribution < -0.4 is 4.74 Å². The van der Waals surface area contributed by atoms with E-state index in [1.165, 1.54) is 62.7 Å². The van der Waals surface area contributed by atoms with Crippen molar-refractivity contribution < 1.29 is 9.53 Å². The topological polar surface area (TPSA) is 29.5 Å². The number of hydrogen-bond donors (Lipinski definition) is 0. The first-order valence-electron chi connectivity index (χ1n) is 11.2. The second-order valence-electron chi connectivity index (χ2n) is 8.85. The molecule has 156 valence electrons. The summed E-state index contributed by atoms with van der Waals surface area (Å²) in [6, 6.07) is 7.93. The molecule has 0 bridgehead atoms. The van der Waals surface area contributed by atoms with E-state index in [1.807, 2.05) is 29.2 Å². The molecule has 1 amide bonds. The Morgan fingerprint density at radius 1 is 1.14 bits per heavy atom. The van der Waals surface area contributed by atoms with Crippen LogP contribution in [0.2, 0.25) is 0 Å². The van der Waals surface area contributed by atoms with Crippen LogP contribution >= 0.6 is 11.8 Å². The molecule has 0 radical (unpaired) electrons. The van der Waals surface area contributed by atoms with Crippen LogP contribution in [0.15, 0.2) is 24.3 Å². The zero-order valence-electron chi connectivity index (χ0n) is 17.8. The van der Waals surface area contributed by atoms with Gasteiger partial charge in [0.25, 0.3) is 5.91 Å². The zero-order valence-corrected chi connectivity index (χ0v) is 18.6. The number of nitrogens with zero attached hydrogens (tertiary/aromatic N) is 1. The standard InChI is InChI=1S/C24H37NO2S/c1-3-15-25(23(26)18-27-21-11-9-20(2)10-12-21)17-22-16-24(19-28-22)13-7-5-4-6-8-14-24/h9-12,22H,3-8,13-19H2,1-2H3. The molecule has 2 aliphatic rings. The molecule has 1 heterocycles. The Morgan fingerprint density at radius 2 is 1.82 bits per heavy atom. The lowest BCUT2D eigenvalue weighted by Gasteiger charge is -2.31. The van der Waals surface area contributed by atoms with Gasteiger partial charge in [-0.15, -0.1) is 0 Å². The number of carbonyl (C=O) groups excluding carboxylic acids is 1. The van der Waals surface area contributed by atoms with Crippen LogP contribution in [0.25, 0.3) is 0 Å². The number of ether oxygens (including phenoxy) is 1. The van der Waals surface area contributed by atoms with E-state index in [2.05, 4.69) is 25.6 Å². The van der Waals surface area contributed by atoms with Gasteiger partial charge in [-0.1, -0.05) is 56.7 Å². The summed E-state index contributed by atoms with van der Waals surface area (Å²) < 4.78 is 5.76. The predicted octanol–water partition coefficient (Wildman–Crippen LogP) is 5.85. The molecule has 28 heavy (non-hydrogen) atoms. The van der Waals surface area contributed by atoms with Crippen molar-refractivity contribution in [3.8, 4) is 5.75 Å². The van der Waals surface area contributed by atoms with Crippen LogP contribution in [0.3, 0.4) is 0 Å². The molecule has 3 nitrogen and oxygen atoms in total. The molecular weight excluding hydrogens is 366 g/mol. The average Bonchev–Trinajstić information content (AvgIpc) is 3.07. The van der Waals surface area contributed by atoms with Crippen molar-refractivity contribution in [1.29, 1.82) is 0 Å². The summed E-state index contributed by atoms with van der Waals surface area (Å²) in [5.41, 5.74) is 1.75. The van der Waals surface area contributed by atoms with E-state index in [0.717, 1.165) is 25.3 Å². The maximum absolute atomic E-state index is 12.8. The number of thioether (sulfide) groups is 1. The molecule has 2 fully saturated rings. The monoisotopic (exact) mass is 403 g/mol. The normalized spacial score (nSPS) is 21.9. The fourth-order valence-corrected chi connectivity index (χ4v) is 6.47. The number of benzene rings is 1. The van der Waals surface area contributed by atoms with Crippen molar-refractivity contribution in [2.24, 2.45) is 5.41 Å². The van der Waals surface area contributed by atoms with Crippen LogP contribution in [0, 0.1) is 12.3 Å². The minimum Gasteiger partial charge on any atom is -0.484 e. The first-order valence-corrected chi connectivity index (χ1v) is 12.2. The van der Waals surface area contributed by atoms with Gasteiger partial charge in [0.15, 0.2) is 6.61 Å². The first-order chi connectivity index (χ1) is 13.6. The SMILES string of the molecule is CCCN(CC1CC2(CCCCCCC2)CS1)C(=O)COc1ccc(C)cc1. The lowest BCUT2D eigenvalue weighted by Crippen LogP contribution is -2.40. The van der Waals surface area contributed by atoms with Gasteiger partial charge in [0.1, 0.15) is 5.75 Å². The van der Waals surface area contributed by atoms with E-state index < -0.39 is 0 Å². The van der Waals surface area contributed by atoms with Crippen molar-refractivity contribution in [2.75, 3.05) is 25.4 Å². The summed E-state index contributed by atoms with van der Waals surface area (Å²) in [5.74, 6) is 2.20. The summed E-state index contributed by atoms with van der Waals surface area (Å²) >= 11 is 2.12. The van der Waals surface area contributed by atoms with E-state index in [4.69, 9.17) is 4.74 Å². The molecule has 4 heteroatoms. The maximum atomic E-state index is 12.8. The summed E-state index contributed by atoms with van der Waals surface area (Å²) in [5, 5.41) is 0.592. The Bertz CT molecular complexity index is 608. The molecule has 3 rings (SSSR count). The summed E-state index contributed by atoms with van der Waals surface area (Å²) in [7, 11) is 0. The highest BCUT2D eigenvalue weighted by Gasteiger charge is 2.40. The lowest BCUT2D eigenvalue weighted by molar-refractivity contribution is -0.133. The van der Waals surface area contributed by atoms with Crippen LogP contribution in [-0.2, 0) is 4.79 Å². The van der Waals surface area contributed by atoms with Gasteiger partial charge in [0.2, 0.25) is 0 Å². The van der Waals surface area contributed by atoms with Crippen molar-refractivity contribution in [2.45, 2.75) is 76.9 Å². The van der Waals surface area contributed by atoms with Gasteiger partial charge in [-0.3, -0.25) is 4.79 Å². The third kappa shape index (κ3) is 6.17. The highest BCUT2D eigenvalue weighted by molar-refractivity contribution is 8.00. The van der Waals surface area contributed by atoms with Crippen LogP contribution in [-0.4, -0.2) is 41.5 Å². The molecule has 1 aliphatic carbocycles. The van der Waals surface area contributed by atoms with Gasteiger partial charge < -0.3 is 9.64 Å². The fourth-order valence-electron chi connectivity index (χ4n) is 4.72. The minimum absolute atomic E-state index is 0.127. The molecule has 0 N–H and O–H groups in total. The van der Waals surface area contributed by atoms with Crippen LogP contribution in [0.5, 0.6) is 5.75 Å². The summed E-state index contributed by atoms with van der Waals surface area (Å²) in [6.07, 6.45) is 12.1. The first kappa shape index (κ1) is 21.5. The van der Waals surface area contributed by atoms with Crippen molar-refractivity contribution in [1.82, 2.24) is 4.90 Å². The molecule has 1 aromatic rings. The van der Waals surface area contributed by atoms with E-state index >= 15 is 0 Å². The lowest BCUT2D eigenvalue weighted by atomic mass is 9.75. The molecular formula is C24H37NO2S. The number of carbonyl (C=O) groups is 1. The molecule has 1 atom stereocenters.